The summed E-state index contributed by atoms with van der Waals surface area (Å²) in [4.78, 5) is 2.28. The van der Waals surface area contributed by atoms with E-state index in [9.17, 15) is 12.8 Å². The van der Waals surface area contributed by atoms with E-state index in [0.717, 1.165) is 37.9 Å². The Balaban J connectivity index is 1.57. The Morgan fingerprint density at radius 1 is 0.926 bits per heavy atom. The lowest BCUT2D eigenvalue weighted by Gasteiger charge is -2.40. The fourth-order valence-corrected chi connectivity index (χ4v) is 6.22. The third-order valence-corrected chi connectivity index (χ3v) is 7.72. The van der Waals surface area contributed by atoms with Crippen LogP contribution in [0.3, 0.4) is 0 Å². The van der Waals surface area contributed by atoms with Crippen LogP contribution in [-0.4, -0.2) is 49.1 Å². The average Bonchev–Trinajstić information content (AvgIpc) is 3.04. The van der Waals surface area contributed by atoms with Crippen molar-refractivity contribution >= 4 is 10.0 Å². The summed E-state index contributed by atoms with van der Waals surface area (Å²) >= 11 is 0. The van der Waals surface area contributed by atoms with Crippen LogP contribution in [-0.2, 0) is 10.0 Å². The number of hydrogen-bond acceptors (Lipinski definition) is 3. The summed E-state index contributed by atoms with van der Waals surface area (Å²) in [5.41, 5.74) is 1.74. The van der Waals surface area contributed by atoms with Gasteiger partial charge in [-0.05, 0) is 30.9 Å². The highest BCUT2D eigenvalue weighted by Gasteiger charge is 2.37. The van der Waals surface area contributed by atoms with Gasteiger partial charge >= 0.3 is 0 Å². The van der Waals surface area contributed by atoms with Gasteiger partial charge in [0.15, 0.2) is 0 Å². The summed E-state index contributed by atoms with van der Waals surface area (Å²) in [7, 11) is -3.08. The van der Waals surface area contributed by atoms with Crippen molar-refractivity contribution in [3.05, 3.63) is 71.5 Å². The molecule has 4 rings (SSSR count). The van der Waals surface area contributed by atoms with Gasteiger partial charge in [0.25, 0.3) is 0 Å². The quantitative estimate of drug-likeness (QED) is 0.806. The van der Waals surface area contributed by atoms with E-state index in [1.54, 1.807) is 10.4 Å². The summed E-state index contributed by atoms with van der Waals surface area (Å²) in [6, 6.07) is 16.9. The van der Waals surface area contributed by atoms with Crippen molar-refractivity contribution in [3.8, 4) is 0 Å². The van der Waals surface area contributed by atoms with Crippen LogP contribution in [0.25, 0.3) is 0 Å². The van der Waals surface area contributed by atoms with Crippen molar-refractivity contribution < 1.29 is 12.8 Å². The third kappa shape index (κ3) is 3.79. The number of hydrogen-bond donors (Lipinski definition) is 0. The second-order valence-corrected chi connectivity index (χ2v) is 9.42. The number of rotatable bonds is 4. The van der Waals surface area contributed by atoms with Gasteiger partial charge in [-0.1, -0.05) is 48.5 Å². The first-order chi connectivity index (χ1) is 13.1. The van der Waals surface area contributed by atoms with E-state index in [1.807, 2.05) is 42.5 Å². The standard InChI is InChI=1S/C21H25FN2O2S/c22-20-10-5-4-9-19(20)21(17-7-2-1-3-8-17)23-14-11-18(12-15-23)24-13-6-16-27(24,25)26/h1-5,7-10,18,21H,6,11-16H2. The SMILES string of the molecule is O=S1(=O)CCCN1C1CCN(C(c2ccccc2)c2ccccc2F)CC1. The zero-order valence-electron chi connectivity index (χ0n) is 15.3. The molecule has 4 nitrogen and oxygen atoms in total. The first kappa shape index (κ1) is 18.6. The summed E-state index contributed by atoms with van der Waals surface area (Å²) in [5, 5.41) is 0. The molecule has 0 spiro atoms. The Labute approximate surface area is 160 Å². The van der Waals surface area contributed by atoms with Gasteiger partial charge in [0.1, 0.15) is 5.82 Å². The largest absolute Gasteiger partial charge is 0.292 e. The fraction of sp³-hybridized carbons (Fsp3) is 0.429. The van der Waals surface area contributed by atoms with Gasteiger partial charge < -0.3 is 0 Å². The summed E-state index contributed by atoms with van der Waals surface area (Å²) in [6.07, 6.45) is 2.30. The highest BCUT2D eigenvalue weighted by Crippen LogP contribution is 2.34. The minimum atomic E-state index is -3.08. The van der Waals surface area contributed by atoms with Crippen molar-refractivity contribution in [1.82, 2.24) is 9.21 Å². The van der Waals surface area contributed by atoms with Gasteiger partial charge in [-0.3, -0.25) is 4.90 Å². The van der Waals surface area contributed by atoms with Crippen LogP contribution in [0.2, 0.25) is 0 Å². The molecule has 1 unspecified atom stereocenters. The summed E-state index contributed by atoms with van der Waals surface area (Å²) in [5.74, 6) is 0.0744. The highest BCUT2D eigenvalue weighted by atomic mass is 32.2. The molecule has 144 valence electrons. The Bertz CT molecular complexity index is 880. The lowest BCUT2D eigenvalue weighted by Crippen LogP contribution is -2.46. The fourth-order valence-electron chi connectivity index (χ4n) is 4.42. The van der Waals surface area contributed by atoms with Crippen molar-refractivity contribution in [2.75, 3.05) is 25.4 Å². The van der Waals surface area contributed by atoms with E-state index in [2.05, 4.69) is 4.90 Å². The zero-order chi connectivity index (χ0) is 18.9. The van der Waals surface area contributed by atoms with E-state index < -0.39 is 10.0 Å². The molecule has 1 atom stereocenters. The maximum atomic E-state index is 14.6. The second kappa shape index (κ2) is 7.70. The first-order valence-corrected chi connectivity index (χ1v) is 11.2. The Morgan fingerprint density at radius 3 is 2.22 bits per heavy atom. The number of benzene rings is 2. The average molecular weight is 389 g/mol. The van der Waals surface area contributed by atoms with E-state index in [0.29, 0.717) is 12.1 Å². The smallest absolute Gasteiger partial charge is 0.214 e. The molecule has 2 aliphatic heterocycles. The van der Waals surface area contributed by atoms with Gasteiger partial charge in [0.2, 0.25) is 10.0 Å². The zero-order valence-corrected chi connectivity index (χ0v) is 16.1. The molecule has 2 fully saturated rings. The van der Waals surface area contributed by atoms with E-state index in [4.69, 9.17) is 0 Å². The summed E-state index contributed by atoms with van der Waals surface area (Å²) < 4.78 is 40.7. The van der Waals surface area contributed by atoms with Crippen LogP contribution in [0, 0.1) is 5.82 Å². The lowest BCUT2D eigenvalue weighted by molar-refractivity contribution is 0.135. The molecule has 0 aliphatic carbocycles. The molecule has 2 aromatic rings. The predicted octanol–water partition coefficient (Wildman–Crippen LogP) is 3.42. The van der Waals surface area contributed by atoms with Crippen LogP contribution in [0.1, 0.15) is 36.4 Å². The topological polar surface area (TPSA) is 40.6 Å². The lowest BCUT2D eigenvalue weighted by atomic mass is 9.93. The third-order valence-electron chi connectivity index (χ3n) is 5.72. The van der Waals surface area contributed by atoms with Crippen LogP contribution >= 0.6 is 0 Å². The Kier molecular flexibility index (Phi) is 5.30. The molecule has 0 saturated carbocycles. The van der Waals surface area contributed by atoms with Gasteiger partial charge in [-0.15, -0.1) is 0 Å². The van der Waals surface area contributed by atoms with Gasteiger partial charge in [-0.25, -0.2) is 12.8 Å². The molecular formula is C21H25FN2O2S. The van der Waals surface area contributed by atoms with Gasteiger partial charge in [-0.2, -0.15) is 4.31 Å². The number of likely N-dealkylation sites (tertiary alicyclic amines) is 1. The Hall–Kier alpha value is -1.76. The van der Waals surface area contributed by atoms with Crippen LogP contribution in [0.5, 0.6) is 0 Å². The maximum Gasteiger partial charge on any atom is 0.214 e. The molecule has 0 bridgehead atoms. The first-order valence-electron chi connectivity index (χ1n) is 9.59. The minimum absolute atomic E-state index is 0.0748. The molecule has 27 heavy (non-hydrogen) atoms. The highest BCUT2D eigenvalue weighted by molar-refractivity contribution is 7.89. The molecule has 0 N–H and O–H groups in total. The molecule has 0 amide bonds. The van der Waals surface area contributed by atoms with Crippen molar-refractivity contribution in [3.63, 3.8) is 0 Å². The molecule has 2 saturated heterocycles. The van der Waals surface area contributed by atoms with Crippen LogP contribution < -0.4 is 0 Å². The van der Waals surface area contributed by atoms with E-state index in [1.165, 1.54) is 6.07 Å². The molecule has 2 aromatic carbocycles. The van der Waals surface area contributed by atoms with Crippen LogP contribution in [0.15, 0.2) is 54.6 Å². The van der Waals surface area contributed by atoms with Crippen molar-refractivity contribution in [2.45, 2.75) is 31.3 Å². The van der Waals surface area contributed by atoms with Gasteiger partial charge in [0.05, 0.1) is 11.8 Å². The molecule has 0 radical (unpaired) electrons. The van der Waals surface area contributed by atoms with Crippen molar-refractivity contribution in [2.24, 2.45) is 0 Å². The number of nitrogens with zero attached hydrogens (tertiary/aromatic N) is 2. The maximum absolute atomic E-state index is 14.6. The monoisotopic (exact) mass is 388 g/mol. The summed E-state index contributed by atoms with van der Waals surface area (Å²) in [6.45, 7) is 2.15. The second-order valence-electron chi connectivity index (χ2n) is 7.38. The Morgan fingerprint density at radius 2 is 1.59 bits per heavy atom. The minimum Gasteiger partial charge on any atom is -0.292 e. The van der Waals surface area contributed by atoms with E-state index in [-0.39, 0.29) is 23.7 Å². The van der Waals surface area contributed by atoms with Crippen LogP contribution in [0.4, 0.5) is 4.39 Å². The molecular weight excluding hydrogens is 363 g/mol. The molecule has 0 aromatic heterocycles. The number of piperidine rings is 1. The van der Waals surface area contributed by atoms with Crippen molar-refractivity contribution in [1.29, 1.82) is 0 Å². The predicted molar refractivity (Wildman–Crippen MR) is 104 cm³/mol. The number of halogens is 1. The molecule has 6 heteroatoms. The number of sulfonamides is 1. The molecule has 2 aliphatic rings. The normalized spacial score (nSPS) is 22.7. The molecule has 2 heterocycles. The van der Waals surface area contributed by atoms with E-state index >= 15 is 0 Å². The van der Waals surface area contributed by atoms with Gasteiger partial charge in [0, 0.05) is 31.2 Å².